The molecule has 0 bridgehead atoms. The fourth-order valence-electron chi connectivity index (χ4n) is 1.72. The number of rotatable bonds is 6. The van der Waals surface area contributed by atoms with Gasteiger partial charge in [0.05, 0.1) is 6.61 Å². The Balaban J connectivity index is 0.00000220. The Morgan fingerprint density at radius 3 is 2.95 bits per heavy atom. The molecule has 116 valence electrons. The molecule has 1 unspecified atom stereocenters. The summed E-state index contributed by atoms with van der Waals surface area (Å²) in [5, 5.41) is 2.81. The number of benzene rings is 1. The van der Waals surface area contributed by atoms with Gasteiger partial charge in [0.15, 0.2) is 11.5 Å². The van der Waals surface area contributed by atoms with Crippen LogP contribution in [0.4, 0.5) is 5.69 Å². The monoisotopic (exact) mass is 313 g/mol. The van der Waals surface area contributed by atoms with E-state index in [1.165, 1.54) is 0 Å². The summed E-state index contributed by atoms with van der Waals surface area (Å²) in [4.78, 5) is 16.1. The smallest absolute Gasteiger partial charge is 0.228 e. The number of hydrogen-bond donors (Lipinski definition) is 2. The Morgan fingerprint density at radius 2 is 2.29 bits per heavy atom. The minimum Gasteiger partial charge on any atom is -0.441 e. The maximum absolute atomic E-state index is 11.8. The minimum atomic E-state index is -0.222. The second-order valence-electron chi connectivity index (χ2n) is 4.66. The molecular weight excluding hydrogens is 294 g/mol. The highest BCUT2D eigenvalue weighted by Crippen LogP contribution is 2.20. The summed E-state index contributed by atoms with van der Waals surface area (Å²) in [6.07, 6.45) is 0.622. The largest absolute Gasteiger partial charge is 0.441 e. The van der Waals surface area contributed by atoms with Crippen LogP contribution >= 0.6 is 12.4 Å². The van der Waals surface area contributed by atoms with Gasteiger partial charge in [0.1, 0.15) is 5.52 Å². The maximum atomic E-state index is 11.8. The van der Waals surface area contributed by atoms with Gasteiger partial charge in [-0.15, -0.1) is 12.4 Å². The first-order valence-electron chi connectivity index (χ1n) is 6.53. The zero-order chi connectivity index (χ0) is 14.5. The number of carbonyl (C=O) groups excluding carboxylic acids is 1. The molecular formula is C14H20ClN3O3. The quantitative estimate of drug-likeness (QED) is 0.851. The molecule has 0 radical (unpaired) electrons. The zero-order valence-electron chi connectivity index (χ0n) is 12.1. The van der Waals surface area contributed by atoms with Gasteiger partial charge in [0.2, 0.25) is 5.91 Å². The molecule has 7 heteroatoms. The van der Waals surface area contributed by atoms with E-state index < -0.39 is 0 Å². The van der Waals surface area contributed by atoms with Crippen molar-refractivity contribution in [3.63, 3.8) is 0 Å². The van der Waals surface area contributed by atoms with E-state index in [0.717, 1.165) is 0 Å². The number of ether oxygens (including phenoxy) is 1. The van der Waals surface area contributed by atoms with Crippen molar-refractivity contribution in [2.45, 2.75) is 13.3 Å². The van der Waals surface area contributed by atoms with Gasteiger partial charge in [0.25, 0.3) is 0 Å². The van der Waals surface area contributed by atoms with Crippen LogP contribution in [-0.4, -0.2) is 31.2 Å². The van der Waals surface area contributed by atoms with Crippen LogP contribution in [0.25, 0.3) is 11.1 Å². The maximum Gasteiger partial charge on any atom is 0.228 e. The van der Waals surface area contributed by atoms with Crippen LogP contribution in [0.1, 0.15) is 12.8 Å². The van der Waals surface area contributed by atoms with Crippen molar-refractivity contribution in [2.24, 2.45) is 11.7 Å². The fourth-order valence-corrected chi connectivity index (χ4v) is 1.72. The highest BCUT2D eigenvalue weighted by atomic mass is 35.5. The van der Waals surface area contributed by atoms with Crippen LogP contribution < -0.4 is 11.1 Å². The molecule has 1 aromatic carbocycles. The average Bonchev–Trinajstić information content (AvgIpc) is 2.86. The highest BCUT2D eigenvalue weighted by Gasteiger charge is 2.12. The first kappa shape index (κ1) is 17.4. The van der Waals surface area contributed by atoms with Crippen molar-refractivity contribution in [1.29, 1.82) is 0 Å². The van der Waals surface area contributed by atoms with Gasteiger partial charge in [0, 0.05) is 31.7 Å². The van der Waals surface area contributed by atoms with Crippen LogP contribution in [-0.2, 0) is 16.0 Å². The number of nitrogens with two attached hydrogens (primary N) is 1. The second kappa shape index (κ2) is 7.97. The highest BCUT2D eigenvalue weighted by molar-refractivity contribution is 5.94. The Labute approximate surface area is 129 Å². The van der Waals surface area contributed by atoms with E-state index in [2.05, 4.69) is 10.3 Å². The molecule has 3 N–H and O–H groups in total. The lowest BCUT2D eigenvalue weighted by Crippen LogP contribution is -2.26. The van der Waals surface area contributed by atoms with E-state index in [1.54, 1.807) is 32.2 Å². The van der Waals surface area contributed by atoms with Gasteiger partial charge < -0.3 is 20.2 Å². The summed E-state index contributed by atoms with van der Waals surface area (Å²) in [6.45, 7) is 2.66. The Kier molecular flexibility index (Phi) is 6.61. The van der Waals surface area contributed by atoms with Crippen LogP contribution in [0, 0.1) is 5.92 Å². The number of oxazole rings is 1. The van der Waals surface area contributed by atoms with E-state index in [0.29, 0.717) is 42.3 Å². The molecule has 0 fully saturated rings. The number of methoxy groups -OCH3 is 1. The zero-order valence-corrected chi connectivity index (χ0v) is 12.9. The average molecular weight is 314 g/mol. The van der Waals surface area contributed by atoms with Gasteiger partial charge in [-0.2, -0.15) is 0 Å². The molecule has 2 aromatic rings. The fraction of sp³-hybridized carbons (Fsp3) is 0.429. The van der Waals surface area contributed by atoms with Crippen LogP contribution in [0.3, 0.4) is 0 Å². The molecule has 1 heterocycles. The Bertz CT molecular complexity index is 600. The van der Waals surface area contributed by atoms with E-state index in [-0.39, 0.29) is 24.2 Å². The number of amides is 1. The number of anilines is 1. The topological polar surface area (TPSA) is 90.4 Å². The molecule has 0 aliphatic rings. The van der Waals surface area contributed by atoms with Gasteiger partial charge in [-0.05, 0) is 18.2 Å². The van der Waals surface area contributed by atoms with Crippen molar-refractivity contribution in [2.75, 3.05) is 25.6 Å². The lowest BCUT2D eigenvalue weighted by atomic mass is 10.1. The van der Waals surface area contributed by atoms with Crippen LogP contribution in [0.5, 0.6) is 0 Å². The molecule has 6 nitrogen and oxygen atoms in total. The van der Waals surface area contributed by atoms with Gasteiger partial charge >= 0.3 is 0 Å². The van der Waals surface area contributed by atoms with Crippen LogP contribution in [0.2, 0.25) is 0 Å². The van der Waals surface area contributed by atoms with E-state index in [9.17, 15) is 4.79 Å². The predicted molar refractivity (Wildman–Crippen MR) is 83.7 cm³/mol. The van der Waals surface area contributed by atoms with E-state index in [1.807, 2.05) is 0 Å². The van der Waals surface area contributed by atoms with E-state index in [4.69, 9.17) is 14.9 Å². The summed E-state index contributed by atoms with van der Waals surface area (Å²) >= 11 is 0. The molecule has 0 aliphatic heterocycles. The number of halogens is 1. The van der Waals surface area contributed by atoms with Crippen LogP contribution in [0.15, 0.2) is 22.6 Å². The second-order valence-corrected chi connectivity index (χ2v) is 4.66. The van der Waals surface area contributed by atoms with Crippen molar-refractivity contribution in [3.8, 4) is 0 Å². The minimum absolute atomic E-state index is 0. The van der Waals surface area contributed by atoms with Gasteiger partial charge in [-0.3, -0.25) is 4.79 Å². The lowest BCUT2D eigenvalue weighted by Gasteiger charge is -2.09. The summed E-state index contributed by atoms with van der Waals surface area (Å²) < 4.78 is 10.6. The normalized spacial score (nSPS) is 12.0. The third-order valence-corrected chi connectivity index (χ3v) is 3.02. The standard InChI is InChI=1S/C14H19N3O3.ClH/c1-9(8-15)14(18)16-10-3-4-12-11(7-10)17-13(20-12)5-6-19-2;/h3-4,7,9H,5-6,8,15H2,1-2H3,(H,16,18);1H. The lowest BCUT2D eigenvalue weighted by molar-refractivity contribution is -0.119. The molecule has 1 amide bonds. The molecule has 2 rings (SSSR count). The van der Waals surface area contributed by atoms with Gasteiger partial charge in [-0.1, -0.05) is 6.92 Å². The number of nitrogens with zero attached hydrogens (tertiary/aromatic N) is 1. The first-order valence-corrected chi connectivity index (χ1v) is 6.53. The third kappa shape index (κ3) is 4.42. The summed E-state index contributed by atoms with van der Waals surface area (Å²) in [7, 11) is 1.63. The van der Waals surface area contributed by atoms with Crippen molar-refractivity contribution in [3.05, 3.63) is 24.1 Å². The summed E-state index contributed by atoms with van der Waals surface area (Å²) in [6, 6.07) is 5.37. The molecule has 21 heavy (non-hydrogen) atoms. The number of fused-ring (bicyclic) bond motifs is 1. The molecule has 1 aromatic heterocycles. The number of nitrogens with one attached hydrogen (secondary N) is 1. The number of aromatic nitrogens is 1. The Morgan fingerprint density at radius 1 is 1.52 bits per heavy atom. The number of carbonyl (C=O) groups is 1. The third-order valence-electron chi connectivity index (χ3n) is 3.02. The molecule has 0 spiro atoms. The van der Waals surface area contributed by atoms with Crippen molar-refractivity contribution in [1.82, 2.24) is 4.98 Å². The van der Waals surface area contributed by atoms with E-state index >= 15 is 0 Å². The van der Waals surface area contributed by atoms with Crippen molar-refractivity contribution >= 4 is 35.1 Å². The van der Waals surface area contributed by atoms with Gasteiger partial charge in [-0.25, -0.2) is 4.98 Å². The summed E-state index contributed by atoms with van der Waals surface area (Å²) in [5.41, 5.74) is 7.57. The molecule has 0 saturated heterocycles. The SMILES string of the molecule is COCCc1nc2cc(NC(=O)C(C)CN)ccc2o1.Cl. The van der Waals surface area contributed by atoms with Crippen molar-refractivity contribution < 1.29 is 13.9 Å². The molecule has 0 aliphatic carbocycles. The number of hydrogen-bond acceptors (Lipinski definition) is 5. The predicted octanol–water partition coefficient (Wildman–Crippen LogP) is 1.97. The molecule has 1 atom stereocenters. The Hall–Kier alpha value is -1.63. The first-order chi connectivity index (χ1) is 9.63. The molecule has 0 saturated carbocycles. The summed E-state index contributed by atoms with van der Waals surface area (Å²) in [5.74, 6) is 0.302.